The molecule has 0 amide bonds. The Labute approximate surface area is 171 Å². The van der Waals surface area contributed by atoms with Crippen LogP contribution in [-0.2, 0) is 19.6 Å². The summed E-state index contributed by atoms with van der Waals surface area (Å²) in [5.74, 6) is 0. The van der Waals surface area contributed by atoms with E-state index in [4.69, 9.17) is 9.59 Å². The van der Waals surface area contributed by atoms with Gasteiger partial charge in [-0.15, -0.1) is 0 Å². The number of benzene rings is 3. The fourth-order valence-corrected chi connectivity index (χ4v) is 3.54. The van der Waals surface area contributed by atoms with Crippen LogP contribution < -0.4 is 10.5 Å². The SMILES string of the molecule is CN.Cc1ccc(-c2ccc(S(=O)(=O)Nc3cccc(C)c3)cc2)cc1.O=C=O. The van der Waals surface area contributed by atoms with Crippen molar-refractivity contribution in [2.45, 2.75) is 18.7 Å². The minimum absolute atomic E-state index is 0.250. The number of hydrogen-bond acceptors (Lipinski definition) is 5. The molecule has 0 fully saturated rings. The molecule has 0 heterocycles. The van der Waals surface area contributed by atoms with Crippen LogP contribution in [0.2, 0.25) is 0 Å². The largest absolute Gasteiger partial charge is 0.373 e. The first kappa shape index (κ1) is 23.8. The number of hydrogen-bond donors (Lipinski definition) is 2. The van der Waals surface area contributed by atoms with Gasteiger partial charge in [0.1, 0.15) is 0 Å². The minimum Gasteiger partial charge on any atom is -0.333 e. The fraction of sp³-hybridized carbons (Fsp3) is 0.136. The summed E-state index contributed by atoms with van der Waals surface area (Å²) in [6.07, 6.45) is 0.250. The molecule has 0 aliphatic rings. The average Bonchev–Trinajstić information content (AvgIpc) is 2.70. The van der Waals surface area contributed by atoms with Gasteiger partial charge in [0.2, 0.25) is 0 Å². The lowest BCUT2D eigenvalue weighted by molar-refractivity contribution is -0.191. The maximum absolute atomic E-state index is 12.5. The molecule has 0 aliphatic carbocycles. The van der Waals surface area contributed by atoms with E-state index in [0.717, 1.165) is 16.7 Å². The number of carbonyl (C=O) groups excluding carboxylic acids is 2. The van der Waals surface area contributed by atoms with Gasteiger partial charge >= 0.3 is 6.15 Å². The van der Waals surface area contributed by atoms with E-state index in [9.17, 15) is 8.42 Å². The molecule has 3 aromatic carbocycles. The van der Waals surface area contributed by atoms with Gasteiger partial charge in [-0.2, -0.15) is 9.59 Å². The van der Waals surface area contributed by atoms with E-state index in [2.05, 4.69) is 10.5 Å². The summed E-state index contributed by atoms with van der Waals surface area (Å²) < 4.78 is 27.6. The quantitative estimate of drug-likeness (QED) is 0.678. The normalized spacial score (nSPS) is 9.79. The van der Waals surface area contributed by atoms with Gasteiger partial charge in [0.05, 0.1) is 4.90 Å². The topological polar surface area (TPSA) is 106 Å². The van der Waals surface area contributed by atoms with Gasteiger partial charge < -0.3 is 5.73 Å². The van der Waals surface area contributed by atoms with Crippen LogP contribution in [-0.4, -0.2) is 21.6 Å². The van der Waals surface area contributed by atoms with Crippen LogP contribution in [0, 0.1) is 13.8 Å². The third-order valence-electron chi connectivity index (χ3n) is 3.82. The van der Waals surface area contributed by atoms with Crippen molar-refractivity contribution < 1.29 is 18.0 Å². The maximum Gasteiger partial charge on any atom is 0.373 e. The van der Waals surface area contributed by atoms with Crippen molar-refractivity contribution in [2.75, 3.05) is 11.8 Å². The molecular weight excluding hydrogens is 388 g/mol. The van der Waals surface area contributed by atoms with Crippen molar-refractivity contribution in [3.63, 3.8) is 0 Å². The molecule has 0 spiro atoms. The van der Waals surface area contributed by atoms with Crippen LogP contribution in [0.3, 0.4) is 0 Å². The summed E-state index contributed by atoms with van der Waals surface area (Å²) >= 11 is 0. The van der Waals surface area contributed by atoms with Crippen molar-refractivity contribution in [1.29, 1.82) is 0 Å². The smallest absolute Gasteiger partial charge is 0.333 e. The molecular formula is C22H24N2O4S. The highest BCUT2D eigenvalue weighted by Crippen LogP contribution is 2.23. The van der Waals surface area contributed by atoms with E-state index in [-0.39, 0.29) is 11.0 Å². The Morgan fingerprint density at radius 2 is 1.24 bits per heavy atom. The van der Waals surface area contributed by atoms with E-state index in [1.807, 2.05) is 62.4 Å². The second kappa shape index (κ2) is 11.6. The van der Waals surface area contributed by atoms with Crippen LogP contribution in [0.15, 0.2) is 77.7 Å². The molecule has 3 aromatic rings. The molecule has 0 radical (unpaired) electrons. The van der Waals surface area contributed by atoms with E-state index in [1.165, 1.54) is 12.6 Å². The summed E-state index contributed by atoms with van der Waals surface area (Å²) in [6, 6.07) is 22.4. The maximum atomic E-state index is 12.5. The molecule has 3 rings (SSSR count). The Morgan fingerprint density at radius 1 is 0.759 bits per heavy atom. The molecule has 7 heteroatoms. The molecule has 29 heavy (non-hydrogen) atoms. The Kier molecular flexibility index (Phi) is 9.48. The van der Waals surface area contributed by atoms with Crippen molar-refractivity contribution >= 4 is 21.9 Å². The fourth-order valence-electron chi connectivity index (χ4n) is 2.50. The van der Waals surface area contributed by atoms with E-state index in [1.54, 1.807) is 24.3 Å². The van der Waals surface area contributed by atoms with Gasteiger partial charge in [-0.1, -0.05) is 54.1 Å². The Balaban J connectivity index is 0.000000771. The molecule has 0 saturated carbocycles. The van der Waals surface area contributed by atoms with Crippen LogP contribution >= 0.6 is 0 Å². The molecule has 152 valence electrons. The highest BCUT2D eigenvalue weighted by Gasteiger charge is 2.14. The Morgan fingerprint density at radius 3 is 1.72 bits per heavy atom. The molecule has 0 aromatic heterocycles. The van der Waals surface area contributed by atoms with Gasteiger partial charge in [0.15, 0.2) is 0 Å². The first-order valence-electron chi connectivity index (χ1n) is 8.69. The zero-order chi connectivity index (χ0) is 21.9. The predicted molar refractivity (Wildman–Crippen MR) is 114 cm³/mol. The van der Waals surface area contributed by atoms with Gasteiger partial charge in [0, 0.05) is 5.69 Å². The lowest BCUT2D eigenvalue weighted by Gasteiger charge is -2.09. The highest BCUT2D eigenvalue weighted by molar-refractivity contribution is 7.92. The molecule has 0 unspecified atom stereocenters. The van der Waals surface area contributed by atoms with Gasteiger partial charge in [-0.05, 0) is 61.9 Å². The third kappa shape index (κ3) is 7.35. The van der Waals surface area contributed by atoms with E-state index < -0.39 is 10.0 Å². The second-order valence-corrected chi connectivity index (χ2v) is 7.63. The monoisotopic (exact) mass is 412 g/mol. The van der Waals surface area contributed by atoms with Crippen molar-refractivity contribution in [1.82, 2.24) is 0 Å². The molecule has 3 N–H and O–H groups in total. The first-order valence-corrected chi connectivity index (χ1v) is 10.2. The Hall–Kier alpha value is -3.25. The zero-order valence-electron chi connectivity index (χ0n) is 16.5. The summed E-state index contributed by atoms with van der Waals surface area (Å²) in [6.45, 7) is 3.96. The highest BCUT2D eigenvalue weighted by atomic mass is 32.2. The standard InChI is InChI=1S/C20H19NO2S.CH5N.CO2/c1-15-6-8-17(9-7-15)18-10-12-20(13-11-18)24(22,23)21-19-5-3-4-16(2)14-19;1-2;2-1-3/h3-14,21H,1-2H3;2H2,1H3;. The van der Waals surface area contributed by atoms with Crippen LogP contribution in [0.4, 0.5) is 5.69 Å². The van der Waals surface area contributed by atoms with E-state index in [0.29, 0.717) is 5.69 Å². The molecule has 0 saturated heterocycles. The Bertz CT molecular complexity index is 1040. The minimum atomic E-state index is -3.59. The summed E-state index contributed by atoms with van der Waals surface area (Å²) in [4.78, 5) is 16.5. The third-order valence-corrected chi connectivity index (χ3v) is 5.22. The van der Waals surface area contributed by atoms with Crippen molar-refractivity contribution in [3.05, 3.63) is 83.9 Å². The van der Waals surface area contributed by atoms with E-state index >= 15 is 0 Å². The van der Waals surface area contributed by atoms with Gasteiger partial charge in [0.25, 0.3) is 10.0 Å². The lowest BCUT2D eigenvalue weighted by atomic mass is 10.0. The number of nitrogens with two attached hydrogens (primary N) is 1. The van der Waals surface area contributed by atoms with Gasteiger partial charge in [-0.3, -0.25) is 4.72 Å². The lowest BCUT2D eigenvalue weighted by Crippen LogP contribution is -2.12. The van der Waals surface area contributed by atoms with Crippen molar-refractivity contribution in [3.8, 4) is 11.1 Å². The summed E-state index contributed by atoms with van der Waals surface area (Å²) in [5, 5.41) is 0. The predicted octanol–water partition coefficient (Wildman–Crippen LogP) is 3.76. The average molecular weight is 413 g/mol. The summed E-state index contributed by atoms with van der Waals surface area (Å²) in [5.41, 5.74) is 9.32. The zero-order valence-corrected chi connectivity index (χ0v) is 17.4. The van der Waals surface area contributed by atoms with Crippen LogP contribution in [0.5, 0.6) is 0 Å². The number of aryl methyl sites for hydroxylation is 2. The van der Waals surface area contributed by atoms with Crippen molar-refractivity contribution in [2.24, 2.45) is 5.73 Å². The van der Waals surface area contributed by atoms with Crippen LogP contribution in [0.25, 0.3) is 11.1 Å². The second-order valence-electron chi connectivity index (χ2n) is 5.95. The number of anilines is 1. The molecule has 0 aliphatic heterocycles. The van der Waals surface area contributed by atoms with Crippen LogP contribution in [0.1, 0.15) is 11.1 Å². The first-order chi connectivity index (χ1) is 13.9. The van der Waals surface area contributed by atoms with Gasteiger partial charge in [-0.25, -0.2) is 8.42 Å². The molecule has 6 nitrogen and oxygen atoms in total. The number of sulfonamides is 1. The summed E-state index contributed by atoms with van der Waals surface area (Å²) in [7, 11) is -2.09. The molecule has 0 atom stereocenters. The molecule has 0 bridgehead atoms. The number of rotatable bonds is 4. The number of nitrogens with one attached hydrogen (secondary N) is 1.